The van der Waals surface area contributed by atoms with Gasteiger partial charge in [0.25, 0.3) is 0 Å². The predicted molar refractivity (Wildman–Crippen MR) is 97.6 cm³/mol. The summed E-state index contributed by atoms with van der Waals surface area (Å²) in [4.78, 5) is 11.7. The summed E-state index contributed by atoms with van der Waals surface area (Å²) < 4.78 is 11.3. The van der Waals surface area contributed by atoms with Crippen molar-refractivity contribution in [2.24, 2.45) is 0 Å². The molecule has 126 valence electrons. The molecule has 0 fully saturated rings. The molecule has 0 spiro atoms. The Morgan fingerprint density at radius 2 is 2.17 bits per heavy atom. The molecule has 0 bridgehead atoms. The Bertz CT molecular complexity index is 753. The van der Waals surface area contributed by atoms with Crippen LogP contribution in [0.4, 0.5) is 10.5 Å². The molecule has 0 amide bonds. The first-order chi connectivity index (χ1) is 11.6. The van der Waals surface area contributed by atoms with Gasteiger partial charge in [-0.3, -0.25) is 0 Å². The molecule has 1 aliphatic rings. The second-order valence-corrected chi connectivity index (χ2v) is 6.86. The summed E-state index contributed by atoms with van der Waals surface area (Å²) in [5.41, 5.74) is 3.13. The first kappa shape index (κ1) is 17.1. The first-order valence-corrected chi connectivity index (χ1v) is 8.88. The molecule has 2 unspecified atom stereocenters. The van der Waals surface area contributed by atoms with E-state index in [1.165, 1.54) is 0 Å². The number of hydrogen-bond donors (Lipinski definition) is 1. The van der Waals surface area contributed by atoms with Gasteiger partial charge in [0.05, 0.1) is 6.61 Å². The quantitative estimate of drug-likeness (QED) is 0.674. The topological polar surface area (TPSA) is 47.6 Å². The Kier molecular flexibility index (Phi) is 5.31. The van der Waals surface area contributed by atoms with Crippen molar-refractivity contribution in [3.8, 4) is 0 Å². The molecular formula is C18H17BrClNO3. The van der Waals surface area contributed by atoms with Crippen LogP contribution in [0.1, 0.15) is 30.4 Å². The van der Waals surface area contributed by atoms with Gasteiger partial charge in [-0.2, -0.15) is 0 Å². The number of benzene rings is 2. The van der Waals surface area contributed by atoms with Crippen LogP contribution in [-0.2, 0) is 9.47 Å². The van der Waals surface area contributed by atoms with E-state index in [-0.39, 0.29) is 12.5 Å². The monoisotopic (exact) mass is 409 g/mol. The zero-order valence-corrected chi connectivity index (χ0v) is 15.4. The lowest BCUT2D eigenvalue weighted by Crippen LogP contribution is -2.33. The van der Waals surface area contributed by atoms with E-state index >= 15 is 0 Å². The van der Waals surface area contributed by atoms with Crippen molar-refractivity contribution in [2.75, 3.05) is 11.9 Å². The minimum Gasteiger partial charge on any atom is -0.435 e. The Hall–Kier alpha value is -1.72. The molecular weight excluding hydrogens is 394 g/mol. The second kappa shape index (κ2) is 7.45. The van der Waals surface area contributed by atoms with Crippen LogP contribution in [0.25, 0.3) is 0 Å². The molecule has 2 aromatic carbocycles. The number of carbonyl (C=O) groups excluding carboxylic acids is 1. The molecule has 0 saturated heterocycles. The molecule has 6 heteroatoms. The van der Waals surface area contributed by atoms with Crippen LogP contribution >= 0.6 is 27.5 Å². The molecule has 1 aliphatic heterocycles. The van der Waals surface area contributed by atoms with Crippen LogP contribution in [0, 0.1) is 0 Å². The third-order valence-electron chi connectivity index (χ3n) is 3.91. The molecule has 0 radical (unpaired) electrons. The molecule has 0 aromatic heterocycles. The van der Waals surface area contributed by atoms with Crippen molar-refractivity contribution in [2.45, 2.75) is 25.5 Å². The minimum absolute atomic E-state index is 0.0666. The number of halogens is 2. The smallest absolute Gasteiger partial charge is 0.435 e. The van der Waals surface area contributed by atoms with Crippen molar-refractivity contribution < 1.29 is 14.3 Å². The zero-order chi connectivity index (χ0) is 17.1. The largest absolute Gasteiger partial charge is 0.510 e. The number of ether oxygens (including phenoxy) is 2. The number of hydrogen-bond acceptors (Lipinski definition) is 4. The Morgan fingerprint density at radius 1 is 1.33 bits per heavy atom. The lowest BCUT2D eigenvalue weighted by Gasteiger charge is -2.33. The Morgan fingerprint density at radius 3 is 2.92 bits per heavy atom. The SMILES string of the molecule is CCOC(=O)OC1CC(c2cccc(Br)c2)c2cc(Cl)ccc2N1. The first-order valence-electron chi connectivity index (χ1n) is 7.71. The summed E-state index contributed by atoms with van der Waals surface area (Å²) >= 11 is 9.69. The average molecular weight is 411 g/mol. The fraction of sp³-hybridized carbons (Fsp3) is 0.278. The lowest BCUT2D eigenvalue weighted by molar-refractivity contribution is 0.0301. The number of nitrogens with one attached hydrogen (secondary N) is 1. The van der Waals surface area contributed by atoms with Gasteiger partial charge in [0.15, 0.2) is 6.23 Å². The molecule has 0 saturated carbocycles. The number of rotatable bonds is 3. The Balaban J connectivity index is 1.93. The zero-order valence-electron chi connectivity index (χ0n) is 13.1. The predicted octanol–water partition coefficient (Wildman–Crippen LogP) is 5.55. The molecule has 0 aliphatic carbocycles. The van der Waals surface area contributed by atoms with Crippen LogP contribution in [0.15, 0.2) is 46.9 Å². The average Bonchev–Trinajstić information content (AvgIpc) is 2.54. The van der Waals surface area contributed by atoms with E-state index in [1.54, 1.807) is 6.92 Å². The van der Waals surface area contributed by atoms with Crippen molar-refractivity contribution >= 4 is 39.4 Å². The maximum atomic E-state index is 11.7. The van der Waals surface area contributed by atoms with Crippen LogP contribution in [0.5, 0.6) is 0 Å². The van der Waals surface area contributed by atoms with Gasteiger partial charge in [0.2, 0.25) is 0 Å². The van der Waals surface area contributed by atoms with E-state index in [4.69, 9.17) is 21.1 Å². The molecule has 2 atom stereocenters. The fourth-order valence-electron chi connectivity index (χ4n) is 2.91. The number of carbonyl (C=O) groups is 1. The van der Waals surface area contributed by atoms with Crippen LogP contribution in [0.2, 0.25) is 5.02 Å². The molecule has 24 heavy (non-hydrogen) atoms. The van der Waals surface area contributed by atoms with Crippen molar-refractivity contribution in [3.63, 3.8) is 0 Å². The third kappa shape index (κ3) is 3.84. The lowest BCUT2D eigenvalue weighted by atomic mass is 9.84. The molecule has 2 aromatic rings. The normalized spacial score (nSPS) is 19.1. The van der Waals surface area contributed by atoms with Crippen LogP contribution in [-0.4, -0.2) is 19.0 Å². The molecule has 1 heterocycles. The highest BCUT2D eigenvalue weighted by atomic mass is 79.9. The summed E-state index contributed by atoms with van der Waals surface area (Å²) in [6.45, 7) is 2.03. The highest BCUT2D eigenvalue weighted by molar-refractivity contribution is 9.10. The minimum atomic E-state index is -0.666. The summed E-state index contributed by atoms with van der Waals surface area (Å²) in [5.74, 6) is 0.0666. The Labute approximate surface area is 154 Å². The van der Waals surface area contributed by atoms with Gasteiger partial charge in [-0.1, -0.05) is 39.7 Å². The van der Waals surface area contributed by atoms with E-state index in [0.29, 0.717) is 11.4 Å². The maximum absolute atomic E-state index is 11.7. The van der Waals surface area contributed by atoms with Crippen molar-refractivity contribution in [1.82, 2.24) is 0 Å². The van der Waals surface area contributed by atoms with Gasteiger partial charge in [-0.05, 0) is 48.4 Å². The molecule has 4 nitrogen and oxygen atoms in total. The standard InChI is InChI=1S/C18H17BrClNO3/c1-2-23-18(22)24-17-10-14(11-4-3-5-12(19)8-11)15-9-13(20)6-7-16(15)21-17/h3-9,14,17,21H,2,10H2,1H3. The molecule has 1 N–H and O–H groups in total. The van der Waals surface area contributed by atoms with E-state index in [1.807, 2.05) is 30.3 Å². The fourth-order valence-corrected chi connectivity index (χ4v) is 3.51. The van der Waals surface area contributed by atoms with Gasteiger partial charge in [0.1, 0.15) is 0 Å². The van der Waals surface area contributed by atoms with Gasteiger partial charge in [-0.15, -0.1) is 0 Å². The van der Waals surface area contributed by atoms with Gasteiger partial charge in [0, 0.05) is 27.5 Å². The van der Waals surface area contributed by atoms with E-state index < -0.39 is 12.4 Å². The number of fused-ring (bicyclic) bond motifs is 1. The van der Waals surface area contributed by atoms with E-state index in [0.717, 1.165) is 21.3 Å². The second-order valence-electron chi connectivity index (χ2n) is 5.51. The molecule has 3 rings (SSSR count). The third-order valence-corrected chi connectivity index (χ3v) is 4.64. The van der Waals surface area contributed by atoms with Crippen molar-refractivity contribution in [1.29, 1.82) is 0 Å². The summed E-state index contributed by atoms with van der Waals surface area (Å²) in [6, 6.07) is 13.8. The van der Waals surface area contributed by atoms with Crippen molar-refractivity contribution in [3.05, 3.63) is 63.1 Å². The van der Waals surface area contributed by atoms with E-state index in [2.05, 4.69) is 33.4 Å². The van der Waals surface area contributed by atoms with E-state index in [9.17, 15) is 4.79 Å². The highest BCUT2D eigenvalue weighted by Crippen LogP contribution is 2.40. The van der Waals surface area contributed by atoms with Gasteiger partial charge < -0.3 is 14.8 Å². The summed E-state index contributed by atoms with van der Waals surface area (Å²) in [5, 5.41) is 3.92. The van der Waals surface area contributed by atoms with Gasteiger partial charge >= 0.3 is 6.16 Å². The number of anilines is 1. The summed E-state index contributed by atoms with van der Waals surface area (Å²) in [7, 11) is 0. The van der Waals surface area contributed by atoms with Crippen LogP contribution < -0.4 is 5.32 Å². The van der Waals surface area contributed by atoms with Crippen LogP contribution in [0.3, 0.4) is 0 Å². The van der Waals surface area contributed by atoms with Gasteiger partial charge in [-0.25, -0.2) is 4.79 Å². The maximum Gasteiger partial charge on any atom is 0.510 e. The highest BCUT2D eigenvalue weighted by Gasteiger charge is 2.30. The summed E-state index contributed by atoms with van der Waals surface area (Å²) in [6.07, 6.45) is -0.523.